The van der Waals surface area contributed by atoms with Crippen LogP contribution in [0.1, 0.15) is 328 Å². The normalized spacial score (nSPS) is 14.1. The smallest absolute Gasteiger partial charge is 0.407 e. The minimum Gasteiger partial charge on any atom is -0.462 e. The molecule has 1 fully saturated rings. The summed E-state index contributed by atoms with van der Waals surface area (Å²) in [5, 5.41) is 51.9. The van der Waals surface area contributed by atoms with Crippen molar-refractivity contribution in [3.05, 3.63) is 73.4 Å². The molecule has 1 aliphatic rings. The van der Waals surface area contributed by atoms with E-state index in [2.05, 4.69) is 107 Å². The number of nitrogens with zero attached hydrogens (tertiary/aromatic N) is 5. The van der Waals surface area contributed by atoms with E-state index in [1.807, 2.05) is 115 Å². The molecule has 0 heterocycles. The summed E-state index contributed by atoms with van der Waals surface area (Å²) in [6, 6.07) is 9.39. The number of nitrogens with one attached hydrogen (secondary N) is 1. The number of aliphatic hydroxyl groups is 1. The molecular formula is C107H188N6O28. The van der Waals surface area contributed by atoms with Crippen molar-refractivity contribution < 1.29 is 134 Å². The lowest BCUT2D eigenvalue weighted by Gasteiger charge is -2.43. The maximum Gasteiger partial charge on any atom is 0.407 e. The zero-order valence-corrected chi connectivity index (χ0v) is 91.8. The number of ether oxygens (including phenoxy) is 18. The van der Waals surface area contributed by atoms with Crippen molar-refractivity contribution in [3.8, 4) is 30.3 Å². The van der Waals surface area contributed by atoms with Crippen LogP contribution in [0.5, 0.6) is 0 Å². The van der Waals surface area contributed by atoms with Gasteiger partial charge in [0, 0.05) is 60.1 Å². The molecule has 0 bridgehead atoms. The molecule has 1 amide bonds. The molecule has 8 unspecified atom stereocenters. The zero-order valence-electron chi connectivity index (χ0n) is 91.8. The van der Waals surface area contributed by atoms with Gasteiger partial charge in [0.15, 0.2) is 0 Å². The molecule has 1 saturated carbocycles. The highest BCUT2D eigenvalue weighted by atomic mass is 16.7. The standard InChI is InChI=1S/C16H28O2.C14H22O4.C12H22O3.C10H18N2O3.C10H19NO2.2C9H15NO3.C9H17NO2.2C9H16O3/c1-7-15(4,5)13-8-10-16(6,11-9-13)18-14(17)12(2)3;1-8-14(6,7)13(17-11(15)9(2)3)18-12(16)10(4)5;1-5-11(4)14-8-6-7-9-15-12(13)10(2)3;1-3-9(2)14-7-8-15-10(13)12-6-4-5-11;1-3-10(2)13-9-5-8-12-7-4-6-11;2*1-3-8(2)12-6-7-13-9(11)4-5-10;1-3-9(2)12-8-7-11-6-4-5-10;1-4-7(2)6-12-9(11)8(3)5-10;1-4-8(3)11-6-7-12-9(10)5-2/h13H,2,7-11H2,1,3-6H3;13H,2,4,8H2,1,3,5-7H3;11H,2,5-9H2,1,3-4H3;9H,3-4,6-8H2,1-2H3,(H,12,13);10H,3-5,7-9H2,1-2H3;2*8H,3-4,6-7H2,1-2H3;9H,3-4,6-8H2,1-2H3;7,10H,3-6H2,1-2H3;5,8H,2,4,6-7H2,1,3H3. The lowest BCUT2D eigenvalue weighted by atomic mass is 9.67. The highest BCUT2D eigenvalue weighted by Gasteiger charge is 2.40. The highest BCUT2D eigenvalue weighted by Crippen LogP contribution is 2.45. The number of amides is 1. The molecule has 0 spiro atoms. The summed E-state index contributed by atoms with van der Waals surface area (Å²) in [5.41, 5.74) is 1.22. The second-order valence-electron chi connectivity index (χ2n) is 34.8. The first kappa shape index (κ1) is 149. The van der Waals surface area contributed by atoms with Crippen LogP contribution in [0.3, 0.4) is 0 Å². The van der Waals surface area contributed by atoms with E-state index >= 15 is 0 Å². The Morgan fingerprint density at radius 3 is 1.11 bits per heavy atom. The number of hydrogen-bond acceptors (Lipinski definition) is 33. The van der Waals surface area contributed by atoms with E-state index in [9.17, 15) is 43.2 Å². The number of alkyl carbamates (subject to hydrolysis) is 1. The Balaban J connectivity index is -0.000000197. The van der Waals surface area contributed by atoms with Crippen LogP contribution in [0.4, 0.5) is 4.79 Å². The largest absolute Gasteiger partial charge is 0.462 e. The first-order chi connectivity index (χ1) is 66.4. The Hall–Kier alpha value is -9.48. The van der Waals surface area contributed by atoms with Crippen LogP contribution in [0, 0.1) is 79.3 Å². The SMILES string of the molecule is C=C(C)C(=O)OC(OC(=O)C(=C)C)C(C)(C)CC.C=C(C)C(=O)OC1(C)CCC(C(C)(C)CC)CC1.C=C(C)C(=O)OCCCCOC(C)CC.C=C(CO)C(=O)OCC(C)CC.C=CC(=O)OCCOC(C)CC.CCC(C)OCCCOCCC#N.CCC(C)OCCOC(=O)CC#N.CCC(C)OCCOC(=O)CC#N.CCC(C)OCCOC(=O)NCCC#N.CCC(C)OCCOCCC#N. The second-order valence-corrected chi connectivity index (χ2v) is 34.8. The minimum atomic E-state index is -0.948. The molecule has 0 aliphatic heterocycles. The summed E-state index contributed by atoms with van der Waals surface area (Å²) < 4.78 is 92.3. The van der Waals surface area contributed by atoms with Gasteiger partial charge >= 0.3 is 53.8 Å². The third-order valence-corrected chi connectivity index (χ3v) is 20.9. The maximum absolute atomic E-state index is 11.6. The van der Waals surface area contributed by atoms with Crippen LogP contribution in [0.15, 0.2) is 73.4 Å². The Kier molecular flexibility index (Phi) is 108. The first-order valence-electron chi connectivity index (χ1n) is 49.7. The van der Waals surface area contributed by atoms with Crippen LogP contribution in [-0.4, -0.2) is 239 Å². The molecule has 0 aromatic carbocycles. The van der Waals surface area contributed by atoms with E-state index in [0.717, 1.165) is 122 Å². The molecule has 1 aliphatic carbocycles. The van der Waals surface area contributed by atoms with Gasteiger partial charge in [0.05, 0.1) is 171 Å². The van der Waals surface area contributed by atoms with E-state index in [-0.39, 0.29) is 97.9 Å². The molecule has 34 nitrogen and oxygen atoms in total. The summed E-state index contributed by atoms with van der Waals surface area (Å²) in [5.74, 6) is -2.47. The van der Waals surface area contributed by atoms with Crippen molar-refractivity contribution in [2.24, 2.45) is 22.7 Å². The molecule has 814 valence electrons. The maximum atomic E-state index is 11.6. The van der Waals surface area contributed by atoms with Crippen molar-refractivity contribution in [1.82, 2.24) is 5.32 Å². The van der Waals surface area contributed by atoms with Gasteiger partial charge < -0.3 is 95.7 Å². The zero-order chi connectivity index (χ0) is 110. The molecule has 2 N–H and O–H groups in total. The van der Waals surface area contributed by atoms with Crippen LogP contribution in [0.25, 0.3) is 0 Å². The molecule has 141 heavy (non-hydrogen) atoms. The van der Waals surface area contributed by atoms with E-state index in [1.54, 1.807) is 39.8 Å². The minimum absolute atomic E-state index is 0.110. The summed E-state index contributed by atoms with van der Waals surface area (Å²) in [6.07, 6.45) is 19.0. The average Bonchev–Trinajstić information content (AvgIpc) is 0.815. The first-order valence-corrected chi connectivity index (χ1v) is 49.7. The van der Waals surface area contributed by atoms with Crippen molar-refractivity contribution >= 4 is 53.8 Å². The topological polar surface area (TPSA) is 471 Å². The Morgan fingerprint density at radius 2 is 0.766 bits per heavy atom. The fourth-order valence-electron chi connectivity index (χ4n) is 9.06. The Morgan fingerprint density at radius 1 is 0.411 bits per heavy atom. The number of nitriles is 5. The number of unbranched alkanes of at least 4 members (excludes halogenated alkanes) is 1. The molecule has 0 aromatic rings. The summed E-state index contributed by atoms with van der Waals surface area (Å²) in [7, 11) is 0. The number of esters is 8. The third-order valence-electron chi connectivity index (χ3n) is 20.9. The number of carbonyl (C=O) groups is 9. The summed E-state index contributed by atoms with van der Waals surface area (Å²) >= 11 is 0. The van der Waals surface area contributed by atoms with Crippen LogP contribution in [-0.2, 0) is 124 Å². The van der Waals surface area contributed by atoms with E-state index in [1.165, 1.54) is 6.42 Å². The van der Waals surface area contributed by atoms with Gasteiger partial charge in [-0.2, -0.15) is 26.3 Å². The van der Waals surface area contributed by atoms with Crippen molar-refractivity contribution in [3.63, 3.8) is 0 Å². The predicted molar refractivity (Wildman–Crippen MR) is 546 cm³/mol. The van der Waals surface area contributed by atoms with Gasteiger partial charge in [-0.05, 0) is 197 Å². The Bertz CT molecular complexity index is 3460. The van der Waals surface area contributed by atoms with E-state index in [4.69, 9.17) is 117 Å². The van der Waals surface area contributed by atoms with Crippen LogP contribution >= 0.6 is 0 Å². The summed E-state index contributed by atoms with van der Waals surface area (Å²) in [4.78, 5) is 99.4. The molecule has 0 radical (unpaired) electrons. The fraction of sp³-hybridized carbons (Fsp3) is 0.757. The lowest BCUT2D eigenvalue weighted by molar-refractivity contribution is -0.204. The fourth-order valence-corrected chi connectivity index (χ4v) is 9.06. The Labute approximate surface area is 849 Å². The quantitative estimate of drug-likeness (QED) is 0.0188. The van der Waals surface area contributed by atoms with Crippen molar-refractivity contribution in [2.45, 2.75) is 383 Å². The third kappa shape index (κ3) is 105. The molecular weight excluding hydrogens is 1820 g/mol. The van der Waals surface area contributed by atoms with E-state index < -0.39 is 53.6 Å². The second kappa shape index (κ2) is 102. The summed E-state index contributed by atoms with van der Waals surface area (Å²) in [6.45, 7) is 82.2. The molecule has 34 heteroatoms. The van der Waals surface area contributed by atoms with Gasteiger partial charge in [-0.3, -0.25) is 9.59 Å². The molecule has 0 aromatic heterocycles. The monoisotopic (exact) mass is 2010 g/mol. The molecule has 8 atom stereocenters. The van der Waals surface area contributed by atoms with Gasteiger partial charge in [-0.15, -0.1) is 0 Å². The van der Waals surface area contributed by atoms with Gasteiger partial charge in [-0.1, -0.05) is 156 Å². The average molecular weight is 2010 g/mol. The van der Waals surface area contributed by atoms with Gasteiger partial charge in [-0.25, -0.2) is 33.6 Å². The lowest BCUT2D eigenvalue weighted by Crippen LogP contribution is -2.39. The van der Waals surface area contributed by atoms with Crippen molar-refractivity contribution in [1.29, 1.82) is 26.3 Å². The van der Waals surface area contributed by atoms with Gasteiger partial charge in [0.1, 0.15) is 44.9 Å². The number of carbonyl (C=O) groups excluding carboxylic acids is 9. The van der Waals surface area contributed by atoms with Gasteiger partial charge in [0.25, 0.3) is 6.29 Å². The van der Waals surface area contributed by atoms with Crippen molar-refractivity contribution in [2.75, 3.05) is 125 Å². The van der Waals surface area contributed by atoms with Crippen LogP contribution in [0.2, 0.25) is 0 Å². The predicted octanol–water partition coefficient (Wildman–Crippen LogP) is 20.6. The highest BCUT2D eigenvalue weighted by molar-refractivity contribution is 5.89. The van der Waals surface area contributed by atoms with Crippen LogP contribution < -0.4 is 5.32 Å². The molecule has 1 rings (SSSR count). The number of aliphatic hydroxyl groups excluding tert-OH is 1. The number of hydrogen-bond donors (Lipinski definition) is 2. The molecule has 0 saturated heterocycles. The van der Waals surface area contributed by atoms with Gasteiger partial charge in [0.2, 0.25) is 0 Å². The number of rotatable bonds is 63. The van der Waals surface area contributed by atoms with E-state index in [0.29, 0.717) is 152 Å².